The molecule has 0 spiro atoms. The number of benzene rings is 1. The Hall–Kier alpha value is -2.18. The number of nitrogens with two attached hydrogens (primary N) is 1. The van der Waals surface area contributed by atoms with Gasteiger partial charge >= 0.3 is 0 Å². The predicted molar refractivity (Wildman–Crippen MR) is 108 cm³/mol. The topological polar surface area (TPSA) is 101 Å². The lowest BCUT2D eigenvalue weighted by molar-refractivity contribution is 0.0326. The van der Waals surface area contributed by atoms with E-state index < -0.39 is 0 Å². The molecule has 3 aliphatic rings. The molecular weight excluding hydrogens is 354 g/mol. The summed E-state index contributed by atoms with van der Waals surface area (Å²) in [5, 5.41) is 27.5. The van der Waals surface area contributed by atoms with Gasteiger partial charge in [-0.25, -0.2) is 0 Å². The van der Waals surface area contributed by atoms with Crippen molar-refractivity contribution in [1.82, 2.24) is 10.2 Å². The van der Waals surface area contributed by atoms with Gasteiger partial charge in [-0.15, -0.1) is 10.2 Å². The number of aryl methyl sites for hydroxylation is 1. The van der Waals surface area contributed by atoms with Crippen LogP contribution in [0.3, 0.4) is 0 Å². The van der Waals surface area contributed by atoms with Crippen LogP contribution in [0, 0.1) is 6.92 Å². The van der Waals surface area contributed by atoms with E-state index in [1.54, 1.807) is 6.07 Å². The summed E-state index contributed by atoms with van der Waals surface area (Å²) in [7, 11) is 0. The largest absolute Gasteiger partial charge is 0.507 e. The van der Waals surface area contributed by atoms with Gasteiger partial charge in [0.2, 0.25) is 0 Å². The number of phenols is 1. The number of aromatic hydroxyl groups is 1. The molecule has 6 heteroatoms. The minimum Gasteiger partial charge on any atom is -0.507 e. The van der Waals surface area contributed by atoms with Crippen molar-refractivity contribution in [1.29, 1.82) is 0 Å². The standard InChI is InChI=1S/C16H17N3O2.C6H12O/c1-8-2-4-10(12(20)6-8)15-11-7-9-3-5-13(21-9)14(11)16(17)19-18-15;7-6-4-2-1-3-5-6/h2,4,6,9,13,20H,3,5,7H2,1H3,(H2,17,19);6-7H,1-5H2. The van der Waals surface area contributed by atoms with Crippen molar-refractivity contribution < 1.29 is 14.9 Å². The molecular formula is C22H29N3O3. The van der Waals surface area contributed by atoms with E-state index in [1.807, 2.05) is 19.1 Å². The van der Waals surface area contributed by atoms with Gasteiger partial charge < -0.3 is 20.7 Å². The second-order valence-corrected chi connectivity index (χ2v) is 8.17. The Morgan fingerprint density at radius 1 is 1.07 bits per heavy atom. The highest BCUT2D eigenvalue weighted by Gasteiger charge is 2.37. The molecule has 1 aromatic carbocycles. The lowest BCUT2D eigenvalue weighted by atomic mass is 9.94. The van der Waals surface area contributed by atoms with Crippen molar-refractivity contribution in [2.45, 2.75) is 76.6 Å². The molecule has 2 unspecified atom stereocenters. The van der Waals surface area contributed by atoms with E-state index in [2.05, 4.69) is 10.2 Å². The second-order valence-electron chi connectivity index (χ2n) is 8.17. The van der Waals surface area contributed by atoms with Crippen LogP contribution in [0.25, 0.3) is 11.3 Å². The molecule has 6 nitrogen and oxygen atoms in total. The first-order valence-corrected chi connectivity index (χ1v) is 10.3. The summed E-state index contributed by atoms with van der Waals surface area (Å²) in [5.41, 5.74) is 10.5. The molecule has 1 aromatic heterocycles. The van der Waals surface area contributed by atoms with Gasteiger partial charge in [-0.2, -0.15) is 0 Å². The number of fused-ring (bicyclic) bond motifs is 4. The number of nitrogens with zero attached hydrogens (tertiary/aromatic N) is 2. The molecule has 2 aliphatic heterocycles. The molecule has 0 radical (unpaired) electrons. The van der Waals surface area contributed by atoms with Crippen molar-refractivity contribution in [3.05, 3.63) is 34.9 Å². The van der Waals surface area contributed by atoms with Crippen LogP contribution in [0.5, 0.6) is 5.75 Å². The smallest absolute Gasteiger partial charge is 0.152 e. The van der Waals surface area contributed by atoms with Crippen molar-refractivity contribution in [3.8, 4) is 17.0 Å². The fourth-order valence-corrected chi connectivity index (χ4v) is 4.50. The molecule has 2 bridgehead atoms. The number of aliphatic hydroxyl groups excluding tert-OH is 1. The summed E-state index contributed by atoms with van der Waals surface area (Å²) in [6, 6.07) is 5.60. The summed E-state index contributed by atoms with van der Waals surface area (Å²) in [5.74, 6) is 0.681. The molecule has 28 heavy (non-hydrogen) atoms. The van der Waals surface area contributed by atoms with E-state index >= 15 is 0 Å². The molecule has 1 saturated carbocycles. The number of aliphatic hydroxyl groups is 1. The lowest BCUT2D eigenvalue weighted by Crippen LogP contribution is -2.21. The summed E-state index contributed by atoms with van der Waals surface area (Å²) in [4.78, 5) is 0. The van der Waals surface area contributed by atoms with Crippen molar-refractivity contribution in [3.63, 3.8) is 0 Å². The van der Waals surface area contributed by atoms with Crippen molar-refractivity contribution >= 4 is 5.82 Å². The fraction of sp³-hybridized carbons (Fsp3) is 0.545. The normalized spacial score (nSPS) is 23.6. The Balaban J connectivity index is 0.000000233. The number of phenolic OH excluding ortho intramolecular Hbond substituents is 1. The van der Waals surface area contributed by atoms with Crippen molar-refractivity contribution in [2.24, 2.45) is 0 Å². The zero-order chi connectivity index (χ0) is 19.7. The average molecular weight is 383 g/mol. The van der Waals surface area contributed by atoms with E-state index in [0.717, 1.165) is 54.5 Å². The molecule has 2 fully saturated rings. The Bertz CT molecular complexity index is 849. The molecule has 2 aromatic rings. The van der Waals surface area contributed by atoms with Crippen LogP contribution in [0.4, 0.5) is 5.82 Å². The van der Waals surface area contributed by atoms with Crippen LogP contribution in [0.1, 0.15) is 67.7 Å². The number of rotatable bonds is 1. The summed E-state index contributed by atoms with van der Waals surface area (Å²) in [6.07, 6.45) is 8.99. The Morgan fingerprint density at radius 3 is 2.54 bits per heavy atom. The highest BCUT2D eigenvalue weighted by molar-refractivity contribution is 5.73. The monoisotopic (exact) mass is 383 g/mol. The molecule has 0 amide bonds. The van der Waals surface area contributed by atoms with E-state index in [9.17, 15) is 5.11 Å². The van der Waals surface area contributed by atoms with Gasteiger partial charge in [-0.3, -0.25) is 0 Å². The number of ether oxygens (including phenoxy) is 1. The van der Waals surface area contributed by atoms with Gasteiger partial charge in [-0.1, -0.05) is 25.3 Å². The van der Waals surface area contributed by atoms with Crippen LogP contribution in [0.2, 0.25) is 0 Å². The van der Waals surface area contributed by atoms with Crippen LogP contribution in [0.15, 0.2) is 18.2 Å². The van der Waals surface area contributed by atoms with Gasteiger partial charge in [0, 0.05) is 17.5 Å². The SMILES string of the molecule is Cc1ccc(-c2nnc(N)c3c2CC2CCC3O2)c(O)c1.OC1CCCCC1. The number of aromatic nitrogens is 2. The molecule has 150 valence electrons. The first-order chi connectivity index (χ1) is 13.5. The molecule has 1 saturated heterocycles. The average Bonchev–Trinajstić information content (AvgIpc) is 3.05. The predicted octanol–water partition coefficient (Wildman–Crippen LogP) is 3.83. The highest BCUT2D eigenvalue weighted by Crippen LogP contribution is 2.46. The maximum absolute atomic E-state index is 10.2. The van der Waals surface area contributed by atoms with Crippen molar-refractivity contribution in [2.75, 3.05) is 5.73 Å². The quantitative estimate of drug-likeness (QED) is 0.692. The lowest BCUT2D eigenvalue weighted by Gasteiger charge is -2.26. The number of hydrogen-bond acceptors (Lipinski definition) is 6. The molecule has 3 heterocycles. The molecule has 2 atom stereocenters. The Kier molecular flexibility index (Phi) is 5.51. The highest BCUT2D eigenvalue weighted by atomic mass is 16.5. The fourth-order valence-electron chi connectivity index (χ4n) is 4.50. The first kappa shape index (κ1) is 19.2. The molecule has 5 rings (SSSR count). The Labute approximate surface area is 165 Å². The maximum atomic E-state index is 10.2. The third kappa shape index (κ3) is 3.84. The van der Waals surface area contributed by atoms with Crippen LogP contribution in [-0.2, 0) is 11.2 Å². The van der Waals surface area contributed by atoms with E-state index in [0.29, 0.717) is 11.4 Å². The molecule has 1 aliphatic carbocycles. The first-order valence-electron chi connectivity index (χ1n) is 10.3. The van der Waals surface area contributed by atoms with Gasteiger partial charge in [0.15, 0.2) is 5.82 Å². The minimum atomic E-state index is 0.0283. The second kappa shape index (κ2) is 8.05. The van der Waals surface area contributed by atoms with Crippen LogP contribution in [-0.4, -0.2) is 32.6 Å². The summed E-state index contributed by atoms with van der Waals surface area (Å²) >= 11 is 0. The third-order valence-corrected chi connectivity index (χ3v) is 5.99. The number of nitrogen functional groups attached to an aromatic ring is 1. The third-order valence-electron chi connectivity index (χ3n) is 5.99. The summed E-state index contributed by atoms with van der Waals surface area (Å²) in [6.45, 7) is 1.95. The number of hydrogen-bond donors (Lipinski definition) is 3. The van der Waals surface area contributed by atoms with Gasteiger partial charge in [0.05, 0.1) is 18.3 Å². The van der Waals surface area contributed by atoms with E-state index in [4.69, 9.17) is 15.6 Å². The maximum Gasteiger partial charge on any atom is 0.152 e. The van der Waals surface area contributed by atoms with Gasteiger partial charge in [-0.05, 0) is 55.9 Å². The van der Waals surface area contributed by atoms with E-state index in [-0.39, 0.29) is 24.1 Å². The van der Waals surface area contributed by atoms with Crippen LogP contribution < -0.4 is 5.73 Å². The van der Waals surface area contributed by atoms with Crippen LogP contribution >= 0.6 is 0 Å². The number of anilines is 1. The summed E-state index contributed by atoms with van der Waals surface area (Å²) < 4.78 is 5.93. The van der Waals surface area contributed by atoms with E-state index in [1.165, 1.54) is 19.3 Å². The Morgan fingerprint density at radius 2 is 1.86 bits per heavy atom. The zero-order valence-corrected chi connectivity index (χ0v) is 16.4. The molecule has 4 N–H and O–H groups in total. The van der Waals surface area contributed by atoms with Gasteiger partial charge in [0.1, 0.15) is 11.4 Å². The minimum absolute atomic E-state index is 0.0283. The van der Waals surface area contributed by atoms with Gasteiger partial charge in [0.25, 0.3) is 0 Å². The zero-order valence-electron chi connectivity index (χ0n) is 16.4.